The van der Waals surface area contributed by atoms with E-state index in [1.807, 2.05) is 42.5 Å². The molecule has 0 aliphatic rings. The molecule has 3 nitrogen and oxygen atoms in total. The Morgan fingerprint density at radius 1 is 1.00 bits per heavy atom. The van der Waals surface area contributed by atoms with Crippen molar-refractivity contribution >= 4 is 28.4 Å². The predicted octanol–water partition coefficient (Wildman–Crippen LogP) is 6.03. The van der Waals surface area contributed by atoms with Crippen LogP contribution < -0.4 is 5.32 Å². The minimum Gasteiger partial charge on any atom is -0.348 e. The van der Waals surface area contributed by atoms with Crippen LogP contribution in [-0.2, 0) is 13.1 Å². The molecule has 0 atom stereocenters. The molecule has 0 saturated heterocycles. The van der Waals surface area contributed by atoms with Gasteiger partial charge in [-0.2, -0.15) is 0 Å². The summed E-state index contributed by atoms with van der Waals surface area (Å²) in [5.41, 5.74) is 5.92. The van der Waals surface area contributed by atoms with Crippen LogP contribution in [-0.4, -0.2) is 10.5 Å². The van der Waals surface area contributed by atoms with E-state index in [0.29, 0.717) is 23.7 Å². The molecule has 0 saturated carbocycles. The zero-order valence-corrected chi connectivity index (χ0v) is 17.6. The summed E-state index contributed by atoms with van der Waals surface area (Å²) in [6.45, 7) is 5.20. The van der Waals surface area contributed by atoms with Crippen LogP contribution in [0.25, 0.3) is 10.9 Å². The number of benzene rings is 3. The average molecular weight is 421 g/mol. The number of hydrogen-bond acceptors (Lipinski definition) is 1. The first-order valence-corrected chi connectivity index (χ1v) is 10.2. The number of nitrogens with zero attached hydrogens (tertiary/aromatic N) is 1. The minimum atomic E-state index is -0.238. The smallest absolute Gasteiger partial charge is 0.251 e. The fourth-order valence-corrected chi connectivity index (χ4v) is 3.91. The van der Waals surface area contributed by atoms with E-state index in [1.54, 1.807) is 12.1 Å². The van der Waals surface area contributed by atoms with Gasteiger partial charge in [0.05, 0.1) is 0 Å². The molecule has 3 aromatic carbocycles. The summed E-state index contributed by atoms with van der Waals surface area (Å²) in [6, 6.07) is 19.8. The molecular formula is C25H22ClFN2O. The first kappa shape index (κ1) is 20.2. The lowest BCUT2D eigenvalue weighted by Gasteiger charge is -2.10. The molecule has 0 spiro atoms. The molecule has 30 heavy (non-hydrogen) atoms. The maximum absolute atomic E-state index is 13.2. The predicted molar refractivity (Wildman–Crippen MR) is 120 cm³/mol. The average Bonchev–Trinajstić information content (AvgIpc) is 2.98. The Labute approximate surface area is 180 Å². The highest BCUT2D eigenvalue weighted by Gasteiger charge is 2.14. The lowest BCUT2D eigenvalue weighted by atomic mass is 10.1. The Morgan fingerprint density at radius 3 is 2.50 bits per heavy atom. The molecule has 0 radical (unpaired) electrons. The van der Waals surface area contributed by atoms with E-state index in [4.69, 9.17) is 11.6 Å². The van der Waals surface area contributed by atoms with Crippen molar-refractivity contribution in [1.82, 2.24) is 9.88 Å². The molecule has 5 heteroatoms. The second-order valence-electron chi connectivity index (χ2n) is 7.47. The van der Waals surface area contributed by atoms with Crippen molar-refractivity contribution in [3.8, 4) is 0 Å². The van der Waals surface area contributed by atoms with Crippen molar-refractivity contribution in [3.63, 3.8) is 0 Å². The SMILES string of the molecule is Cc1c(C)n(Cc2ccc(F)cc2)c2ccc(C(=O)NCc3cccc(Cl)c3)cc12. The molecule has 4 rings (SSSR count). The second-order valence-corrected chi connectivity index (χ2v) is 7.90. The molecule has 1 amide bonds. The third-order valence-corrected chi connectivity index (χ3v) is 5.73. The molecule has 1 aromatic heterocycles. The van der Waals surface area contributed by atoms with Crippen molar-refractivity contribution in [3.05, 3.63) is 106 Å². The Morgan fingerprint density at radius 2 is 1.77 bits per heavy atom. The van der Waals surface area contributed by atoms with E-state index in [1.165, 1.54) is 12.1 Å². The highest BCUT2D eigenvalue weighted by atomic mass is 35.5. The van der Waals surface area contributed by atoms with Crippen LogP contribution >= 0.6 is 11.6 Å². The molecule has 0 bridgehead atoms. The number of hydrogen-bond donors (Lipinski definition) is 1. The van der Waals surface area contributed by atoms with Crippen LogP contribution in [0.1, 0.15) is 32.7 Å². The molecule has 0 aliphatic heterocycles. The largest absolute Gasteiger partial charge is 0.348 e. The number of carbonyl (C=O) groups is 1. The molecule has 152 valence electrons. The lowest BCUT2D eigenvalue weighted by Crippen LogP contribution is -2.22. The summed E-state index contributed by atoms with van der Waals surface area (Å²) in [5, 5.41) is 4.65. The number of aromatic nitrogens is 1. The third-order valence-electron chi connectivity index (χ3n) is 5.50. The second kappa shape index (κ2) is 8.33. The molecular weight excluding hydrogens is 399 g/mol. The summed E-state index contributed by atoms with van der Waals surface area (Å²) in [5.74, 6) is -0.363. The normalized spacial score (nSPS) is 11.1. The van der Waals surface area contributed by atoms with Crippen molar-refractivity contribution in [1.29, 1.82) is 0 Å². The van der Waals surface area contributed by atoms with E-state index >= 15 is 0 Å². The zero-order valence-electron chi connectivity index (χ0n) is 16.9. The van der Waals surface area contributed by atoms with Gasteiger partial charge in [-0.3, -0.25) is 4.79 Å². The van der Waals surface area contributed by atoms with Gasteiger partial charge in [-0.1, -0.05) is 35.9 Å². The highest BCUT2D eigenvalue weighted by Crippen LogP contribution is 2.27. The van der Waals surface area contributed by atoms with Gasteiger partial charge in [0.2, 0.25) is 0 Å². The summed E-state index contributed by atoms with van der Waals surface area (Å²) in [4.78, 5) is 12.7. The van der Waals surface area contributed by atoms with Crippen LogP contribution in [0.15, 0.2) is 66.7 Å². The number of halogens is 2. The number of aryl methyl sites for hydroxylation is 1. The molecule has 0 fully saturated rings. The van der Waals surface area contributed by atoms with Gasteiger partial charge in [-0.05, 0) is 73.0 Å². The first-order chi connectivity index (χ1) is 14.4. The summed E-state index contributed by atoms with van der Waals surface area (Å²) in [7, 11) is 0. The number of amides is 1. The van der Waals surface area contributed by atoms with Gasteiger partial charge in [0.25, 0.3) is 5.91 Å². The molecule has 0 unspecified atom stereocenters. The van der Waals surface area contributed by atoms with Gasteiger partial charge in [0.1, 0.15) is 5.82 Å². The van der Waals surface area contributed by atoms with Gasteiger partial charge < -0.3 is 9.88 Å². The Kier molecular flexibility index (Phi) is 5.60. The van der Waals surface area contributed by atoms with Gasteiger partial charge in [-0.25, -0.2) is 4.39 Å². The summed E-state index contributed by atoms with van der Waals surface area (Å²) >= 11 is 6.01. The summed E-state index contributed by atoms with van der Waals surface area (Å²) < 4.78 is 15.4. The van der Waals surface area contributed by atoms with E-state index in [-0.39, 0.29) is 11.7 Å². The number of fused-ring (bicyclic) bond motifs is 1. The number of rotatable bonds is 5. The minimum absolute atomic E-state index is 0.125. The maximum Gasteiger partial charge on any atom is 0.251 e. The Balaban J connectivity index is 1.58. The van der Waals surface area contributed by atoms with Crippen molar-refractivity contribution in [2.75, 3.05) is 0 Å². The first-order valence-electron chi connectivity index (χ1n) is 9.79. The van der Waals surface area contributed by atoms with Crippen molar-refractivity contribution in [2.24, 2.45) is 0 Å². The lowest BCUT2D eigenvalue weighted by molar-refractivity contribution is 0.0951. The molecule has 4 aromatic rings. The van der Waals surface area contributed by atoms with Crippen LogP contribution in [0.3, 0.4) is 0 Å². The van der Waals surface area contributed by atoms with E-state index in [2.05, 4.69) is 23.7 Å². The van der Waals surface area contributed by atoms with Crippen molar-refractivity contribution < 1.29 is 9.18 Å². The Bertz CT molecular complexity index is 1230. The fraction of sp³-hybridized carbons (Fsp3) is 0.160. The monoisotopic (exact) mass is 420 g/mol. The van der Waals surface area contributed by atoms with Gasteiger partial charge in [0, 0.05) is 40.3 Å². The van der Waals surface area contributed by atoms with Gasteiger partial charge in [-0.15, -0.1) is 0 Å². The van der Waals surface area contributed by atoms with E-state index in [0.717, 1.165) is 33.3 Å². The highest BCUT2D eigenvalue weighted by molar-refractivity contribution is 6.30. The number of nitrogens with one attached hydrogen (secondary N) is 1. The van der Waals surface area contributed by atoms with Crippen LogP contribution in [0.4, 0.5) is 4.39 Å². The van der Waals surface area contributed by atoms with E-state index < -0.39 is 0 Å². The topological polar surface area (TPSA) is 34.0 Å². The zero-order chi connectivity index (χ0) is 21.3. The molecule has 1 heterocycles. The van der Waals surface area contributed by atoms with Crippen LogP contribution in [0.5, 0.6) is 0 Å². The molecule has 1 N–H and O–H groups in total. The van der Waals surface area contributed by atoms with Crippen LogP contribution in [0.2, 0.25) is 5.02 Å². The quantitative estimate of drug-likeness (QED) is 0.420. The third kappa shape index (κ3) is 4.10. The standard InChI is InChI=1S/C25H22ClFN2O/c1-16-17(2)29(15-18-6-9-22(27)10-7-18)24-11-8-20(13-23(16)24)25(30)28-14-19-4-3-5-21(26)12-19/h3-13H,14-15H2,1-2H3,(H,28,30). The fourth-order valence-electron chi connectivity index (χ4n) is 3.70. The Hall–Kier alpha value is -3.11. The summed E-state index contributed by atoms with van der Waals surface area (Å²) in [6.07, 6.45) is 0. The van der Waals surface area contributed by atoms with Crippen molar-refractivity contribution in [2.45, 2.75) is 26.9 Å². The van der Waals surface area contributed by atoms with Crippen LogP contribution in [0, 0.1) is 19.7 Å². The maximum atomic E-state index is 13.2. The van der Waals surface area contributed by atoms with Gasteiger partial charge in [0.15, 0.2) is 0 Å². The molecule has 0 aliphatic carbocycles. The number of carbonyl (C=O) groups excluding carboxylic acids is 1. The van der Waals surface area contributed by atoms with E-state index in [9.17, 15) is 9.18 Å². The van der Waals surface area contributed by atoms with Gasteiger partial charge >= 0.3 is 0 Å².